The van der Waals surface area contributed by atoms with Crippen LogP contribution >= 0.6 is 11.8 Å². The summed E-state index contributed by atoms with van der Waals surface area (Å²) in [6, 6.07) is 6.58. The lowest BCUT2D eigenvalue weighted by atomic mass is 9.96. The van der Waals surface area contributed by atoms with Gasteiger partial charge in [0.15, 0.2) is 0 Å². The lowest BCUT2D eigenvalue weighted by Crippen LogP contribution is -2.34. The van der Waals surface area contributed by atoms with Gasteiger partial charge in [-0.15, -0.1) is 11.8 Å². The number of likely N-dealkylation sites (tertiary alicyclic amines) is 1. The van der Waals surface area contributed by atoms with Crippen molar-refractivity contribution < 1.29 is 27.9 Å². The van der Waals surface area contributed by atoms with Crippen molar-refractivity contribution in [3.8, 4) is 0 Å². The number of halogens is 3. The summed E-state index contributed by atoms with van der Waals surface area (Å²) in [7, 11) is 0. The molecular weight excluding hydrogens is 319 g/mol. The molecule has 1 heterocycles. The quantitative estimate of drug-likeness (QED) is 0.864. The first-order valence-electron chi connectivity index (χ1n) is 6.47. The van der Waals surface area contributed by atoms with Crippen molar-refractivity contribution in [1.29, 1.82) is 0 Å². The van der Waals surface area contributed by atoms with Gasteiger partial charge in [-0.3, -0.25) is 9.59 Å². The summed E-state index contributed by atoms with van der Waals surface area (Å²) >= 11 is 1.31. The molecule has 120 valence electrons. The molecule has 1 aliphatic heterocycles. The van der Waals surface area contributed by atoms with Gasteiger partial charge in [0.1, 0.15) is 0 Å². The van der Waals surface area contributed by atoms with Gasteiger partial charge >= 0.3 is 12.1 Å². The van der Waals surface area contributed by atoms with E-state index in [0.29, 0.717) is 10.5 Å². The zero-order chi connectivity index (χ0) is 16.5. The largest absolute Gasteiger partial charge is 0.481 e. The van der Waals surface area contributed by atoms with E-state index in [1.54, 1.807) is 24.5 Å². The van der Waals surface area contributed by atoms with E-state index >= 15 is 0 Å². The number of aliphatic carboxylic acids is 1. The van der Waals surface area contributed by atoms with Gasteiger partial charge in [0.05, 0.1) is 17.4 Å². The molecular formula is C14H14F3NO3S. The zero-order valence-electron chi connectivity index (χ0n) is 11.6. The minimum atomic E-state index is -4.64. The van der Waals surface area contributed by atoms with Crippen LogP contribution in [0.5, 0.6) is 0 Å². The molecule has 0 aliphatic carbocycles. The number of carboxylic acid groups (broad SMARTS) is 1. The van der Waals surface area contributed by atoms with E-state index in [0.717, 1.165) is 4.90 Å². The van der Waals surface area contributed by atoms with Crippen LogP contribution in [-0.4, -0.2) is 47.4 Å². The predicted octanol–water partition coefficient (Wildman–Crippen LogP) is 2.74. The third kappa shape index (κ3) is 3.21. The van der Waals surface area contributed by atoms with Crippen LogP contribution in [0.4, 0.5) is 13.2 Å². The normalized spacial score (nSPS) is 21.9. The molecule has 0 bridgehead atoms. The number of nitrogens with zero attached hydrogens (tertiary/aromatic N) is 1. The minimum Gasteiger partial charge on any atom is -0.481 e. The molecule has 2 atom stereocenters. The maximum atomic E-state index is 13.0. The molecule has 1 fully saturated rings. The summed E-state index contributed by atoms with van der Waals surface area (Å²) in [4.78, 5) is 25.1. The molecule has 0 aromatic heterocycles. The molecule has 0 spiro atoms. The number of benzene rings is 1. The van der Waals surface area contributed by atoms with Crippen molar-refractivity contribution in [2.45, 2.75) is 11.1 Å². The number of carbonyl (C=O) groups is 2. The summed E-state index contributed by atoms with van der Waals surface area (Å²) in [5.74, 6) is -5.75. The van der Waals surface area contributed by atoms with E-state index in [-0.39, 0.29) is 0 Å². The lowest BCUT2D eigenvalue weighted by molar-refractivity contribution is -0.187. The average molecular weight is 333 g/mol. The molecule has 2 rings (SSSR count). The summed E-state index contributed by atoms with van der Waals surface area (Å²) in [5.41, 5.74) is 0.293. The van der Waals surface area contributed by atoms with E-state index < -0.39 is 43.0 Å². The van der Waals surface area contributed by atoms with E-state index in [4.69, 9.17) is 5.11 Å². The number of alkyl halides is 3. The Bertz CT molecular complexity index is 591. The van der Waals surface area contributed by atoms with E-state index in [9.17, 15) is 22.8 Å². The Morgan fingerprint density at radius 3 is 2.41 bits per heavy atom. The van der Waals surface area contributed by atoms with Crippen LogP contribution in [0.2, 0.25) is 0 Å². The Hall–Kier alpha value is -1.70. The second kappa shape index (κ2) is 6.20. The monoisotopic (exact) mass is 333 g/mol. The van der Waals surface area contributed by atoms with Gasteiger partial charge in [-0.25, -0.2) is 0 Å². The Morgan fingerprint density at radius 1 is 1.27 bits per heavy atom. The van der Waals surface area contributed by atoms with Crippen molar-refractivity contribution in [3.63, 3.8) is 0 Å². The van der Waals surface area contributed by atoms with Crippen LogP contribution in [0.1, 0.15) is 10.4 Å². The second-order valence-electron chi connectivity index (χ2n) is 5.00. The molecule has 1 aliphatic rings. The Labute approximate surface area is 129 Å². The van der Waals surface area contributed by atoms with Crippen LogP contribution in [0, 0.1) is 11.8 Å². The van der Waals surface area contributed by atoms with E-state index in [1.807, 2.05) is 0 Å². The fourth-order valence-corrected chi connectivity index (χ4v) is 3.13. The van der Waals surface area contributed by atoms with Crippen LogP contribution in [-0.2, 0) is 4.79 Å². The van der Waals surface area contributed by atoms with Gasteiger partial charge in [0.2, 0.25) is 0 Å². The Kier molecular flexibility index (Phi) is 4.69. The van der Waals surface area contributed by atoms with Crippen molar-refractivity contribution in [2.75, 3.05) is 19.3 Å². The number of thioether (sulfide) groups is 1. The number of rotatable bonds is 3. The molecule has 0 radical (unpaired) electrons. The number of carbonyl (C=O) groups excluding carboxylic acids is 1. The van der Waals surface area contributed by atoms with E-state index in [1.165, 1.54) is 17.8 Å². The van der Waals surface area contributed by atoms with Crippen molar-refractivity contribution in [2.24, 2.45) is 11.8 Å². The maximum absolute atomic E-state index is 13.0. The van der Waals surface area contributed by atoms with Gasteiger partial charge in [0, 0.05) is 18.0 Å². The van der Waals surface area contributed by atoms with Crippen LogP contribution in [0.15, 0.2) is 29.2 Å². The van der Waals surface area contributed by atoms with Crippen LogP contribution < -0.4 is 0 Å². The van der Waals surface area contributed by atoms with Crippen molar-refractivity contribution >= 4 is 23.6 Å². The first-order chi connectivity index (χ1) is 10.3. The van der Waals surface area contributed by atoms with Gasteiger partial charge < -0.3 is 10.0 Å². The van der Waals surface area contributed by atoms with Gasteiger partial charge in [-0.1, -0.05) is 12.1 Å². The first-order valence-corrected chi connectivity index (χ1v) is 7.70. The van der Waals surface area contributed by atoms with Gasteiger partial charge in [0.25, 0.3) is 5.91 Å². The molecule has 1 amide bonds. The number of hydrogen-bond donors (Lipinski definition) is 1. The molecule has 22 heavy (non-hydrogen) atoms. The molecule has 1 aromatic rings. The fourth-order valence-electron chi connectivity index (χ4n) is 2.54. The molecule has 1 saturated heterocycles. The number of hydrogen-bond acceptors (Lipinski definition) is 3. The fraction of sp³-hybridized carbons (Fsp3) is 0.429. The second-order valence-corrected chi connectivity index (χ2v) is 5.85. The summed E-state index contributed by atoms with van der Waals surface area (Å²) in [5, 5.41) is 8.98. The summed E-state index contributed by atoms with van der Waals surface area (Å²) in [6.07, 6.45) is -2.88. The highest BCUT2D eigenvalue weighted by Crippen LogP contribution is 2.38. The lowest BCUT2D eigenvalue weighted by Gasteiger charge is -2.19. The van der Waals surface area contributed by atoms with Crippen molar-refractivity contribution in [1.82, 2.24) is 4.90 Å². The van der Waals surface area contributed by atoms with Crippen LogP contribution in [0.25, 0.3) is 0 Å². The maximum Gasteiger partial charge on any atom is 0.394 e. The predicted molar refractivity (Wildman–Crippen MR) is 74.8 cm³/mol. The molecule has 1 aromatic carbocycles. The highest BCUT2D eigenvalue weighted by atomic mass is 32.2. The number of amides is 1. The Balaban J connectivity index is 2.27. The first kappa shape index (κ1) is 16.7. The van der Waals surface area contributed by atoms with Crippen molar-refractivity contribution in [3.05, 3.63) is 29.8 Å². The average Bonchev–Trinajstić information content (AvgIpc) is 2.92. The van der Waals surface area contributed by atoms with Gasteiger partial charge in [-0.05, 0) is 18.4 Å². The standard InChI is InChI=1S/C14H14F3NO3S/c1-22-11-5-3-2-4-8(11)12(19)18-6-9(13(20)21)10(7-18)14(15,16)17/h2-5,9-10H,6-7H2,1H3,(H,20,21)/t9-,10-/m1/s1. The summed E-state index contributed by atoms with van der Waals surface area (Å²) < 4.78 is 38.9. The third-order valence-corrected chi connectivity index (χ3v) is 4.48. The Morgan fingerprint density at radius 2 is 1.91 bits per heavy atom. The van der Waals surface area contributed by atoms with E-state index in [2.05, 4.69) is 0 Å². The molecule has 8 heteroatoms. The molecule has 4 nitrogen and oxygen atoms in total. The molecule has 1 N–H and O–H groups in total. The summed E-state index contributed by atoms with van der Waals surface area (Å²) in [6.45, 7) is -1.05. The SMILES string of the molecule is CSc1ccccc1C(=O)N1C[C@@H](C(F)(F)F)[C@H](C(=O)O)C1. The van der Waals surface area contributed by atoms with Gasteiger partial charge in [-0.2, -0.15) is 13.2 Å². The molecule has 0 saturated carbocycles. The minimum absolute atomic E-state index is 0.293. The topological polar surface area (TPSA) is 57.6 Å². The number of carboxylic acids is 1. The third-order valence-electron chi connectivity index (χ3n) is 3.68. The molecule has 0 unspecified atom stereocenters. The highest BCUT2D eigenvalue weighted by Gasteiger charge is 2.53. The van der Waals surface area contributed by atoms with Crippen LogP contribution in [0.3, 0.4) is 0 Å². The highest BCUT2D eigenvalue weighted by molar-refractivity contribution is 7.98. The zero-order valence-corrected chi connectivity index (χ0v) is 12.4. The smallest absolute Gasteiger partial charge is 0.394 e.